The van der Waals surface area contributed by atoms with E-state index in [-0.39, 0.29) is 31.9 Å². The van der Waals surface area contributed by atoms with E-state index in [2.05, 4.69) is 66.9 Å². The van der Waals surface area contributed by atoms with Gasteiger partial charge in [-0.2, -0.15) is 12.1 Å². The molecule has 0 aliphatic heterocycles. The first-order valence-electron chi connectivity index (χ1n) is 7.02. The summed E-state index contributed by atoms with van der Waals surface area (Å²) in [5, 5.41) is 3.13. The van der Waals surface area contributed by atoms with Gasteiger partial charge in [-0.3, -0.25) is 11.3 Å². The molecular formula is C19H17ClSZn. The van der Waals surface area contributed by atoms with Gasteiger partial charge in [0.2, 0.25) is 0 Å². The molecule has 0 amide bonds. The van der Waals surface area contributed by atoms with E-state index in [1.54, 1.807) is 11.3 Å². The molecule has 0 atom stereocenters. The molecule has 22 heavy (non-hydrogen) atoms. The minimum absolute atomic E-state index is 0. The maximum absolute atomic E-state index is 3.13. The smallest absolute Gasteiger partial charge is 1.00 e. The van der Waals surface area contributed by atoms with E-state index < -0.39 is 0 Å². The van der Waals surface area contributed by atoms with Crippen LogP contribution in [0.25, 0.3) is 21.6 Å². The molecule has 0 unspecified atom stereocenters. The third kappa shape index (κ3) is 4.52. The van der Waals surface area contributed by atoms with Gasteiger partial charge < -0.3 is 12.4 Å². The predicted molar refractivity (Wildman–Crippen MR) is 88.0 cm³/mol. The van der Waals surface area contributed by atoms with Crippen LogP contribution in [0.5, 0.6) is 0 Å². The normalized spacial score (nSPS) is 9.68. The third-order valence-corrected chi connectivity index (χ3v) is 4.31. The maximum Gasteiger partial charge on any atom is 2.00 e. The second kappa shape index (κ2) is 9.25. The van der Waals surface area contributed by atoms with Crippen molar-refractivity contribution in [1.82, 2.24) is 0 Å². The Morgan fingerprint density at radius 2 is 1.36 bits per heavy atom. The van der Waals surface area contributed by atoms with Crippen LogP contribution in [0.1, 0.15) is 18.9 Å². The average Bonchev–Trinajstić information content (AvgIpc) is 3.03. The van der Waals surface area contributed by atoms with Crippen LogP contribution in [0, 0.1) is 5.38 Å². The molecule has 0 saturated heterocycles. The molecule has 0 radical (unpaired) electrons. The Kier molecular flexibility index (Phi) is 8.03. The Balaban J connectivity index is 0.00000121. The molecule has 1 heterocycles. The first-order valence-corrected chi connectivity index (χ1v) is 7.84. The van der Waals surface area contributed by atoms with Gasteiger partial charge >= 0.3 is 19.5 Å². The van der Waals surface area contributed by atoms with Crippen LogP contribution < -0.4 is 12.4 Å². The van der Waals surface area contributed by atoms with Gasteiger partial charge in [-0.25, -0.2) is 0 Å². The summed E-state index contributed by atoms with van der Waals surface area (Å²) in [6, 6.07) is 21.8. The van der Waals surface area contributed by atoms with E-state index in [0.717, 1.165) is 6.42 Å². The molecule has 0 aliphatic carbocycles. The van der Waals surface area contributed by atoms with Crippen molar-refractivity contribution in [2.75, 3.05) is 0 Å². The van der Waals surface area contributed by atoms with Crippen molar-refractivity contribution in [3.63, 3.8) is 0 Å². The Morgan fingerprint density at radius 1 is 0.818 bits per heavy atom. The molecule has 1 aromatic heterocycles. The zero-order valence-corrected chi connectivity index (χ0v) is 17.2. The summed E-state index contributed by atoms with van der Waals surface area (Å²) in [7, 11) is 0. The van der Waals surface area contributed by atoms with E-state index in [4.69, 9.17) is 0 Å². The number of hydrogen-bond donors (Lipinski definition) is 0. The summed E-state index contributed by atoms with van der Waals surface area (Å²) < 4.78 is 0. The van der Waals surface area contributed by atoms with Crippen molar-refractivity contribution in [1.29, 1.82) is 0 Å². The number of benzene rings is 2. The quantitative estimate of drug-likeness (QED) is 0.484. The molecular weight excluding hydrogens is 361 g/mol. The second-order valence-electron chi connectivity index (χ2n) is 4.94. The van der Waals surface area contributed by atoms with Crippen molar-refractivity contribution in [3.05, 3.63) is 71.6 Å². The first-order chi connectivity index (χ1) is 9.86. The van der Waals surface area contributed by atoms with Gasteiger partial charge in [-0.15, -0.1) is 10.3 Å². The van der Waals surface area contributed by atoms with Crippen molar-refractivity contribution in [2.45, 2.75) is 19.8 Å². The average molecular weight is 378 g/mol. The van der Waals surface area contributed by atoms with Crippen LogP contribution in [-0.2, 0) is 25.9 Å². The van der Waals surface area contributed by atoms with Gasteiger partial charge in [0.1, 0.15) is 0 Å². The summed E-state index contributed by atoms with van der Waals surface area (Å²) in [6.45, 7) is 2.22. The molecule has 0 nitrogen and oxygen atoms in total. The molecule has 3 rings (SSSR count). The summed E-state index contributed by atoms with van der Waals surface area (Å²) in [5.74, 6) is 0. The molecule has 3 aromatic rings. The zero-order chi connectivity index (χ0) is 13.8. The van der Waals surface area contributed by atoms with Gasteiger partial charge in [0, 0.05) is 0 Å². The van der Waals surface area contributed by atoms with Gasteiger partial charge in [-0.1, -0.05) is 67.4 Å². The Labute approximate surface area is 155 Å². The molecule has 0 saturated carbocycles. The van der Waals surface area contributed by atoms with E-state index in [1.807, 2.05) is 6.07 Å². The number of halogens is 1. The Morgan fingerprint density at radius 3 is 1.86 bits per heavy atom. The fraction of sp³-hybridized carbons (Fsp3) is 0.158. The molecule has 0 N–H and O–H groups in total. The van der Waals surface area contributed by atoms with Crippen LogP contribution in [0.4, 0.5) is 0 Å². The van der Waals surface area contributed by atoms with Gasteiger partial charge in [0.15, 0.2) is 0 Å². The fourth-order valence-corrected chi connectivity index (χ4v) is 3.03. The number of aryl methyl sites for hydroxylation is 1. The molecule has 0 spiro atoms. The van der Waals surface area contributed by atoms with E-state index in [0.29, 0.717) is 0 Å². The molecule has 0 aliphatic rings. The van der Waals surface area contributed by atoms with Crippen LogP contribution in [0.3, 0.4) is 0 Å². The van der Waals surface area contributed by atoms with Crippen LogP contribution in [0.2, 0.25) is 0 Å². The van der Waals surface area contributed by atoms with Crippen LogP contribution in [0.15, 0.2) is 60.7 Å². The standard InChI is InChI=1S/C19H17S.ClH.Zn/c1-2-4-15-6-8-16(9-7-15)17-10-12-18(13-11-17)19-5-3-14-20-19;;/h3,5-13H,2,4H2,1H3;1H;/q-1;;+2/p-1. The molecule has 0 fully saturated rings. The molecule has 108 valence electrons. The van der Waals surface area contributed by atoms with Crippen molar-refractivity contribution < 1.29 is 31.9 Å². The topological polar surface area (TPSA) is 0 Å². The minimum atomic E-state index is 0. The summed E-state index contributed by atoms with van der Waals surface area (Å²) in [5.41, 5.74) is 5.25. The van der Waals surface area contributed by atoms with Crippen LogP contribution in [-0.4, -0.2) is 0 Å². The molecule has 2 aromatic carbocycles. The zero-order valence-electron chi connectivity index (χ0n) is 12.7. The predicted octanol–water partition coefficient (Wildman–Crippen LogP) is 2.84. The number of thiophene rings is 1. The third-order valence-electron chi connectivity index (χ3n) is 3.47. The number of rotatable bonds is 4. The largest absolute Gasteiger partial charge is 2.00 e. The van der Waals surface area contributed by atoms with E-state index in [1.165, 1.54) is 33.6 Å². The van der Waals surface area contributed by atoms with Gasteiger partial charge in [0.05, 0.1) is 0 Å². The second-order valence-corrected chi connectivity index (χ2v) is 5.82. The van der Waals surface area contributed by atoms with E-state index >= 15 is 0 Å². The van der Waals surface area contributed by atoms with E-state index in [9.17, 15) is 0 Å². The molecule has 0 bridgehead atoms. The van der Waals surface area contributed by atoms with Gasteiger partial charge in [0.25, 0.3) is 0 Å². The summed E-state index contributed by atoms with van der Waals surface area (Å²) in [6.07, 6.45) is 2.36. The van der Waals surface area contributed by atoms with Crippen LogP contribution >= 0.6 is 11.3 Å². The molecule has 3 heteroatoms. The minimum Gasteiger partial charge on any atom is -1.00 e. The first kappa shape index (κ1) is 19.1. The Hall–Kier alpha value is -0.947. The van der Waals surface area contributed by atoms with Gasteiger partial charge in [-0.05, 0) is 23.1 Å². The summed E-state index contributed by atoms with van der Waals surface area (Å²) in [4.78, 5) is 1.27. The Bertz CT molecular complexity index is 658. The van der Waals surface area contributed by atoms with Crippen molar-refractivity contribution in [2.24, 2.45) is 0 Å². The fourth-order valence-electron chi connectivity index (χ4n) is 2.38. The SMILES string of the molecule is CCCc1ccc(-c2ccc(-c3cc[c-]s3)cc2)cc1.[Cl-].[Zn+2]. The van der Waals surface area contributed by atoms with Crippen molar-refractivity contribution >= 4 is 11.3 Å². The number of hydrogen-bond acceptors (Lipinski definition) is 1. The maximum atomic E-state index is 3.13. The van der Waals surface area contributed by atoms with Crippen molar-refractivity contribution in [3.8, 4) is 21.6 Å². The monoisotopic (exact) mass is 376 g/mol. The summed E-state index contributed by atoms with van der Waals surface area (Å²) >= 11 is 1.66.